The van der Waals surface area contributed by atoms with E-state index in [2.05, 4.69) is 0 Å². The molecule has 18 heavy (non-hydrogen) atoms. The Balaban J connectivity index is 2.06. The average Bonchev–Trinajstić information content (AvgIpc) is 2.25. The second-order valence-electron chi connectivity index (χ2n) is 5.12. The van der Waals surface area contributed by atoms with Crippen LogP contribution in [-0.4, -0.2) is 34.6 Å². The van der Waals surface area contributed by atoms with Gasteiger partial charge in [-0.1, -0.05) is 19.4 Å². The highest BCUT2D eigenvalue weighted by Crippen LogP contribution is 2.27. The van der Waals surface area contributed by atoms with Crippen LogP contribution in [0.1, 0.15) is 35.7 Å². The van der Waals surface area contributed by atoms with Crippen molar-refractivity contribution in [1.82, 2.24) is 4.90 Å². The molecule has 1 heterocycles. The summed E-state index contributed by atoms with van der Waals surface area (Å²) >= 11 is 0. The van der Waals surface area contributed by atoms with Crippen LogP contribution in [0.5, 0.6) is 0 Å². The number of hydrogen-bond donors (Lipinski definition) is 1. The first-order chi connectivity index (χ1) is 8.45. The standard InChI is InChI=1S/C14H18FNO2/c1-3-6-14(18)8-16(9-14)13(17)11-5-4-10(2)7-12(11)15/h4-5,7,18H,3,6,8-9H2,1-2H3. The van der Waals surface area contributed by atoms with Crippen molar-refractivity contribution in [3.63, 3.8) is 0 Å². The smallest absolute Gasteiger partial charge is 0.257 e. The molecule has 0 radical (unpaired) electrons. The molecule has 0 spiro atoms. The Labute approximate surface area is 106 Å². The minimum atomic E-state index is -0.772. The summed E-state index contributed by atoms with van der Waals surface area (Å²) < 4.78 is 13.7. The second kappa shape index (κ2) is 4.69. The van der Waals surface area contributed by atoms with E-state index in [1.54, 1.807) is 13.0 Å². The van der Waals surface area contributed by atoms with Gasteiger partial charge in [0.1, 0.15) is 5.82 Å². The third kappa shape index (κ3) is 2.38. The molecule has 0 unspecified atom stereocenters. The molecule has 1 aliphatic heterocycles. The van der Waals surface area contributed by atoms with Gasteiger partial charge in [-0.3, -0.25) is 4.79 Å². The van der Waals surface area contributed by atoms with Crippen molar-refractivity contribution >= 4 is 5.91 Å². The molecule has 1 amide bonds. The first kappa shape index (κ1) is 13.0. The lowest BCUT2D eigenvalue weighted by molar-refractivity contribution is -0.0861. The fourth-order valence-electron chi connectivity index (χ4n) is 2.40. The summed E-state index contributed by atoms with van der Waals surface area (Å²) in [6, 6.07) is 4.57. The van der Waals surface area contributed by atoms with Gasteiger partial charge in [-0.2, -0.15) is 0 Å². The number of carbonyl (C=O) groups excluding carboxylic acids is 1. The van der Waals surface area contributed by atoms with Gasteiger partial charge in [0, 0.05) is 0 Å². The number of rotatable bonds is 3. The third-order valence-electron chi connectivity index (χ3n) is 3.33. The van der Waals surface area contributed by atoms with Crippen molar-refractivity contribution in [3.8, 4) is 0 Å². The molecule has 1 saturated heterocycles. The summed E-state index contributed by atoms with van der Waals surface area (Å²) in [5, 5.41) is 10.0. The van der Waals surface area contributed by atoms with Gasteiger partial charge >= 0.3 is 0 Å². The molecule has 1 fully saturated rings. The average molecular weight is 251 g/mol. The highest BCUT2D eigenvalue weighted by Gasteiger charge is 2.43. The maximum absolute atomic E-state index is 13.7. The second-order valence-corrected chi connectivity index (χ2v) is 5.12. The molecule has 0 bridgehead atoms. The van der Waals surface area contributed by atoms with E-state index in [4.69, 9.17) is 0 Å². The number of aryl methyl sites for hydroxylation is 1. The number of halogens is 1. The fraction of sp³-hybridized carbons (Fsp3) is 0.500. The minimum absolute atomic E-state index is 0.0825. The zero-order valence-electron chi connectivity index (χ0n) is 10.7. The number of carbonyl (C=O) groups is 1. The van der Waals surface area contributed by atoms with Gasteiger partial charge in [-0.25, -0.2) is 4.39 Å². The van der Waals surface area contributed by atoms with Gasteiger partial charge in [0.05, 0.1) is 24.3 Å². The van der Waals surface area contributed by atoms with Gasteiger partial charge in [0.25, 0.3) is 5.91 Å². The monoisotopic (exact) mass is 251 g/mol. The number of amides is 1. The van der Waals surface area contributed by atoms with Crippen LogP contribution in [-0.2, 0) is 0 Å². The normalized spacial score (nSPS) is 17.4. The predicted octanol–water partition coefficient (Wildman–Crippen LogP) is 2.12. The van der Waals surface area contributed by atoms with Crippen molar-refractivity contribution in [2.24, 2.45) is 0 Å². The molecule has 4 heteroatoms. The van der Waals surface area contributed by atoms with Crippen LogP contribution < -0.4 is 0 Å². The summed E-state index contributed by atoms with van der Waals surface area (Å²) in [4.78, 5) is 13.5. The summed E-state index contributed by atoms with van der Waals surface area (Å²) in [5.41, 5.74) is 0.0975. The lowest BCUT2D eigenvalue weighted by atomic mass is 9.88. The van der Waals surface area contributed by atoms with E-state index in [1.165, 1.54) is 17.0 Å². The van der Waals surface area contributed by atoms with Crippen molar-refractivity contribution in [2.45, 2.75) is 32.3 Å². The first-order valence-corrected chi connectivity index (χ1v) is 6.23. The minimum Gasteiger partial charge on any atom is -0.386 e. The zero-order valence-corrected chi connectivity index (χ0v) is 10.7. The van der Waals surface area contributed by atoms with Crippen LogP contribution in [0.3, 0.4) is 0 Å². The molecule has 2 rings (SSSR count). The van der Waals surface area contributed by atoms with Gasteiger partial charge in [0.2, 0.25) is 0 Å². The molecule has 1 aromatic rings. The number of hydrogen-bond acceptors (Lipinski definition) is 2. The van der Waals surface area contributed by atoms with Crippen LogP contribution in [0.2, 0.25) is 0 Å². The fourth-order valence-corrected chi connectivity index (χ4v) is 2.40. The Hall–Kier alpha value is -1.42. The highest BCUT2D eigenvalue weighted by atomic mass is 19.1. The van der Waals surface area contributed by atoms with E-state index in [-0.39, 0.29) is 11.5 Å². The molecule has 0 atom stereocenters. The van der Waals surface area contributed by atoms with Gasteiger partial charge < -0.3 is 10.0 Å². The molecule has 3 nitrogen and oxygen atoms in total. The van der Waals surface area contributed by atoms with Crippen LogP contribution in [0.4, 0.5) is 4.39 Å². The molecule has 98 valence electrons. The summed E-state index contributed by atoms with van der Waals surface area (Å²) in [7, 11) is 0. The van der Waals surface area contributed by atoms with Gasteiger partial charge in [-0.15, -0.1) is 0 Å². The Morgan fingerprint density at radius 3 is 2.72 bits per heavy atom. The number of β-amino-alcohol motifs (C(OH)–C–C–N with tert-alkyl or cyclic N) is 1. The number of aliphatic hydroxyl groups is 1. The van der Waals surface area contributed by atoms with E-state index in [9.17, 15) is 14.3 Å². The van der Waals surface area contributed by atoms with E-state index >= 15 is 0 Å². The van der Waals surface area contributed by atoms with Crippen LogP contribution in [0.15, 0.2) is 18.2 Å². The molecule has 1 N–H and O–H groups in total. The maximum Gasteiger partial charge on any atom is 0.257 e. The largest absolute Gasteiger partial charge is 0.386 e. The summed E-state index contributed by atoms with van der Waals surface area (Å²) in [6.45, 7) is 4.36. The van der Waals surface area contributed by atoms with Gasteiger partial charge in [0.15, 0.2) is 0 Å². The van der Waals surface area contributed by atoms with E-state index in [0.717, 1.165) is 12.0 Å². The Bertz CT molecular complexity index is 467. The first-order valence-electron chi connectivity index (χ1n) is 6.23. The molecule has 1 aromatic carbocycles. The van der Waals surface area contributed by atoms with E-state index < -0.39 is 11.4 Å². The van der Waals surface area contributed by atoms with Crippen LogP contribution in [0, 0.1) is 12.7 Å². The van der Waals surface area contributed by atoms with E-state index in [0.29, 0.717) is 19.5 Å². The maximum atomic E-state index is 13.7. The third-order valence-corrected chi connectivity index (χ3v) is 3.33. The van der Waals surface area contributed by atoms with Crippen LogP contribution in [0.25, 0.3) is 0 Å². The summed E-state index contributed by atoms with van der Waals surface area (Å²) in [5.74, 6) is -0.834. The Morgan fingerprint density at radius 2 is 2.17 bits per heavy atom. The molecule has 0 aliphatic carbocycles. The highest BCUT2D eigenvalue weighted by molar-refractivity contribution is 5.95. The number of likely N-dealkylation sites (tertiary alicyclic amines) is 1. The molecule has 0 saturated carbocycles. The van der Waals surface area contributed by atoms with Crippen LogP contribution >= 0.6 is 0 Å². The topological polar surface area (TPSA) is 40.5 Å². The van der Waals surface area contributed by atoms with Crippen molar-refractivity contribution < 1.29 is 14.3 Å². The van der Waals surface area contributed by atoms with Crippen molar-refractivity contribution in [2.75, 3.05) is 13.1 Å². The van der Waals surface area contributed by atoms with Gasteiger partial charge in [-0.05, 0) is 31.0 Å². The number of benzene rings is 1. The lowest BCUT2D eigenvalue weighted by Crippen LogP contribution is -2.63. The Kier molecular flexibility index (Phi) is 3.39. The molecular weight excluding hydrogens is 233 g/mol. The van der Waals surface area contributed by atoms with E-state index in [1.807, 2.05) is 6.92 Å². The molecule has 1 aliphatic rings. The SMILES string of the molecule is CCCC1(O)CN(C(=O)c2ccc(C)cc2F)C1. The van der Waals surface area contributed by atoms with Crippen molar-refractivity contribution in [3.05, 3.63) is 35.1 Å². The quantitative estimate of drug-likeness (QED) is 0.894. The lowest BCUT2D eigenvalue weighted by Gasteiger charge is -2.46. The molecule has 0 aromatic heterocycles. The van der Waals surface area contributed by atoms with Crippen molar-refractivity contribution in [1.29, 1.82) is 0 Å². The predicted molar refractivity (Wildman–Crippen MR) is 66.9 cm³/mol. The Morgan fingerprint density at radius 1 is 1.50 bits per heavy atom. The zero-order chi connectivity index (χ0) is 13.3. The number of nitrogens with zero attached hydrogens (tertiary/aromatic N) is 1. The summed E-state index contributed by atoms with van der Waals surface area (Å²) in [6.07, 6.45) is 1.55. The molecular formula is C14H18FNO2.